The molecule has 2 unspecified atom stereocenters. The van der Waals surface area contributed by atoms with Gasteiger partial charge in [0.15, 0.2) is 5.82 Å². The van der Waals surface area contributed by atoms with E-state index in [-0.39, 0.29) is 19.1 Å². The van der Waals surface area contributed by atoms with Crippen molar-refractivity contribution in [3.63, 3.8) is 0 Å². The maximum Gasteiger partial charge on any atom is 0.407 e. The molecule has 0 bridgehead atoms. The lowest BCUT2D eigenvalue weighted by Gasteiger charge is -2.23. The number of rotatable bonds is 10. The lowest BCUT2D eigenvalue weighted by molar-refractivity contribution is -0.142. The Morgan fingerprint density at radius 2 is 1.66 bits per heavy atom. The van der Waals surface area contributed by atoms with Gasteiger partial charge in [0.05, 0.1) is 12.5 Å². The fourth-order valence-electron chi connectivity index (χ4n) is 3.12. The number of aromatic nitrogens is 2. The van der Waals surface area contributed by atoms with Crippen LogP contribution in [0.1, 0.15) is 36.7 Å². The Balaban J connectivity index is 1.56. The van der Waals surface area contributed by atoms with Crippen LogP contribution in [0, 0.1) is 5.92 Å². The van der Waals surface area contributed by atoms with Gasteiger partial charge in [-0.1, -0.05) is 72.7 Å². The van der Waals surface area contributed by atoms with Crippen LogP contribution in [0.2, 0.25) is 0 Å². The van der Waals surface area contributed by atoms with E-state index in [0.717, 1.165) is 11.1 Å². The summed E-state index contributed by atoms with van der Waals surface area (Å²) in [6.07, 6.45) is 0.391. The largest absolute Gasteiger partial charge is 0.464 e. The molecule has 168 valence electrons. The molecule has 8 heteroatoms. The summed E-state index contributed by atoms with van der Waals surface area (Å²) in [7, 11) is 0. The molecule has 2 aromatic carbocycles. The van der Waals surface area contributed by atoms with Crippen LogP contribution in [0.25, 0.3) is 0 Å². The van der Waals surface area contributed by atoms with Crippen molar-refractivity contribution in [2.45, 2.75) is 39.3 Å². The first-order valence-corrected chi connectivity index (χ1v) is 10.5. The van der Waals surface area contributed by atoms with Gasteiger partial charge in [0.25, 0.3) is 0 Å². The number of nitrogens with zero attached hydrogens (tertiary/aromatic N) is 2. The highest BCUT2D eigenvalue weighted by Crippen LogP contribution is 2.14. The number of hydrogen-bond acceptors (Lipinski definition) is 7. The fraction of sp³-hybridized carbons (Fsp3) is 0.333. The SMILES string of the molecule is CC(=O)OCC(NC(=O)OCc1ccccc1)C(C)Cc1noc(Cc2ccccc2)n1. The molecule has 3 aromatic rings. The van der Waals surface area contributed by atoms with E-state index in [1.807, 2.05) is 67.6 Å². The molecule has 1 amide bonds. The number of esters is 1. The third-order valence-corrected chi connectivity index (χ3v) is 4.88. The standard InChI is InChI=1S/C24H27N3O5/c1-17(13-22-26-23(32-27-22)14-19-9-5-3-6-10-19)21(16-30-18(2)28)25-24(29)31-15-20-11-7-4-8-12-20/h3-12,17,21H,13-16H2,1-2H3,(H,25,29). The molecule has 1 N–H and O–H groups in total. The minimum atomic E-state index is -0.587. The molecule has 1 heterocycles. The molecule has 3 rings (SSSR count). The smallest absolute Gasteiger partial charge is 0.407 e. The van der Waals surface area contributed by atoms with E-state index in [0.29, 0.717) is 24.6 Å². The van der Waals surface area contributed by atoms with Crippen LogP contribution in [0.3, 0.4) is 0 Å². The summed E-state index contributed by atoms with van der Waals surface area (Å²) in [4.78, 5) is 28.1. The molecule has 32 heavy (non-hydrogen) atoms. The predicted octanol–water partition coefficient (Wildman–Crippen LogP) is 3.70. The first kappa shape index (κ1) is 23.0. The normalized spacial score (nSPS) is 12.6. The fourth-order valence-corrected chi connectivity index (χ4v) is 3.12. The van der Waals surface area contributed by atoms with Gasteiger partial charge in [-0.2, -0.15) is 4.98 Å². The molecule has 0 aliphatic carbocycles. The van der Waals surface area contributed by atoms with Crippen molar-refractivity contribution in [2.24, 2.45) is 5.92 Å². The van der Waals surface area contributed by atoms with Gasteiger partial charge in [-0.05, 0) is 17.0 Å². The van der Waals surface area contributed by atoms with Crippen molar-refractivity contribution in [3.8, 4) is 0 Å². The number of carbonyl (C=O) groups excluding carboxylic acids is 2. The van der Waals surface area contributed by atoms with Crippen LogP contribution in [0.4, 0.5) is 4.79 Å². The van der Waals surface area contributed by atoms with Gasteiger partial charge in [0.2, 0.25) is 5.89 Å². The van der Waals surface area contributed by atoms with E-state index in [1.54, 1.807) is 0 Å². The third-order valence-electron chi connectivity index (χ3n) is 4.88. The number of amides is 1. The summed E-state index contributed by atoms with van der Waals surface area (Å²) in [5.74, 6) is 0.480. The maximum atomic E-state index is 12.3. The Kier molecular flexibility index (Phi) is 8.36. The van der Waals surface area contributed by atoms with Gasteiger partial charge >= 0.3 is 12.1 Å². The average Bonchev–Trinajstić information content (AvgIpc) is 3.23. The van der Waals surface area contributed by atoms with Gasteiger partial charge < -0.3 is 19.3 Å². The molecular weight excluding hydrogens is 410 g/mol. The second-order valence-electron chi connectivity index (χ2n) is 7.56. The zero-order valence-corrected chi connectivity index (χ0v) is 18.2. The first-order chi connectivity index (χ1) is 15.5. The summed E-state index contributed by atoms with van der Waals surface area (Å²) >= 11 is 0. The second-order valence-corrected chi connectivity index (χ2v) is 7.56. The molecule has 0 spiro atoms. The van der Waals surface area contributed by atoms with E-state index >= 15 is 0 Å². The van der Waals surface area contributed by atoms with Crippen LogP contribution in [0.15, 0.2) is 65.2 Å². The predicted molar refractivity (Wildman–Crippen MR) is 117 cm³/mol. The minimum Gasteiger partial charge on any atom is -0.464 e. The molecule has 1 aromatic heterocycles. The maximum absolute atomic E-state index is 12.3. The van der Waals surface area contributed by atoms with Crippen molar-refractivity contribution in [2.75, 3.05) is 6.61 Å². The number of nitrogens with one attached hydrogen (secondary N) is 1. The molecule has 0 radical (unpaired) electrons. The van der Waals surface area contributed by atoms with Crippen LogP contribution < -0.4 is 5.32 Å². The minimum absolute atomic E-state index is 0.0195. The Morgan fingerprint density at radius 3 is 2.31 bits per heavy atom. The van der Waals surface area contributed by atoms with Gasteiger partial charge in [-0.3, -0.25) is 4.79 Å². The molecular formula is C24H27N3O5. The highest BCUT2D eigenvalue weighted by atomic mass is 16.6. The second kappa shape index (κ2) is 11.6. The lowest BCUT2D eigenvalue weighted by atomic mass is 9.98. The van der Waals surface area contributed by atoms with Crippen molar-refractivity contribution in [1.82, 2.24) is 15.5 Å². The summed E-state index contributed by atoms with van der Waals surface area (Å²) in [6.45, 7) is 3.41. The van der Waals surface area contributed by atoms with Gasteiger partial charge in [0.1, 0.15) is 13.2 Å². The van der Waals surface area contributed by atoms with Crippen molar-refractivity contribution in [3.05, 3.63) is 83.5 Å². The zero-order valence-electron chi connectivity index (χ0n) is 18.2. The van der Waals surface area contributed by atoms with Crippen LogP contribution in [-0.2, 0) is 33.7 Å². The van der Waals surface area contributed by atoms with E-state index in [9.17, 15) is 9.59 Å². The molecule has 0 aliphatic heterocycles. The Labute approximate surface area is 186 Å². The van der Waals surface area contributed by atoms with E-state index in [1.165, 1.54) is 6.92 Å². The van der Waals surface area contributed by atoms with Gasteiger partial charge in [-0.25, -0.2) is 4.79 Å². The topological polar surface area (TPSA) is 104 Å². The van der Waals surface area contributed by atoms with Gasteiger partial charge in [0, 0.05) is 13.3 Å². The molecule has 0 fully saturated rings. The quantitative estimate of drug-likeness (QED) is 0.482. The van der Waals surface area contributed by atoms with E-state index in [4.69, 9.17) is 14.0 Å². The lowest BCUT2D eigenvalue weighted by Crippen LogP contribution is -2.44. The molecule has 2 atom stereocenters. The van der Waals surface area contributed by atoms with Crippen LogP contribution in [0.5, 0.6) is 0 Å². The monoisotopic (exact) mass is 437 g/mol. The number of benzene rings is 2. The van der Waals surface area contributed by atoms with Crippen molar-refractivity contribution < 1.29 is 23.6 Å². The Morgan fingerprint density at radius 1 is 1.00 bits per heavy atom. The number of alkyl carbamates (subject to hydrolysis) is 1. The highest BCUT2D eigenvalue weighted by molar-refractivity contribution is 5.68. The number of carbonyl (C=O) groups is 2. The van der Waals surface area contributed by atoms with Gasteiger partial charge in [-0.15, -0.1) is 0 Å². The Bertz CT molecular complexity index is 991. The highest BCUT2D eigenvalue weighted by Gasteiger charge is 2.24. The summed E-state index contributed by atoms with van der Waals surface area (Å²) in [5.41, 5.74) is 1.95. The first-order valence-electron chi connectivity index (χ1n) is 10.5. The van der Waals surface area contributed by atoms with Crippen LogP contribution >= 0.6 is 0 Å². The number of hydrogen-bond donors (Lipinski definition) is 1. The van der Waals surface area contributed by atoms with Crippen LogP contribution in [-0.4, -0.2) is 34.9 Å². The molecule has 0 saturated carbocycles. The van der Waals surface area contributed by atoms with E-state index < -0.39 is 18.1 Å². The summed E-state index contributed by atoms with van der Waals surface area (Å²) < 4.78 is 15.8. The molecule has 0 aliphatic rings. The summed E-state index contributed by atoms with van der Waals surface area (Å²) in [6, 6.07) is 18.8. The Hall–Kier alpha value is -3.68. The van der Waals surface area contributed by atoms with E-state index in [2.05, 4.69) is 15.5 Å². The molecule has 8 nitrogen and oxygen atoms in total. The third kappa shape index (κ3) is 7.54. The van der Waals surface area contributed by atoms with Crippen molar-refractivity contribution in [1.29, 1.82) is 0 Å². The molecule has 0 saturated heterocycles. The number of ether oxygens (including phenoxy) is 2. The van der Waals surface area contributed by atoms with Crippen molar-refractivity contribution >= 4 is 12.1 Å². The average molecular weight is 437 g/mol. The zero-order chi connectivity index (χ0) is 22.8. The summed E-state index contributed by atoms with van der Waals surface area (Å²) in [5, 5.41) is 6.83.